The van der Waals surface area contributed by atoms with Crippen LogP contribution in [0.2, 0.25) is 10.0 Å². The first kappa shape index (κ1) is 48.3. The van der Waals surface area contributed by atoms with Gasteiger partial charge in [0.05, 0.1) is 26.3 Å². The molecule has 2 fully saturated rings. The highest BCUT2D eigenvalue weighted by molar-refractivity contribution is 7.98. The number of carbonyl (C=O) groups is 4. The SMILES string of the molecule is CC(C)(C)OC(=O)N1CCCC1C(=O)Nc1ccc(-c2ccccc2S(C)(=O)=O)cc1Cl.CSc1ccccc1-c1ccc(NC(=O)C2CCCN2C(=O)OC(C)(C)C)c(Cl)c1. The van der Waals surface area contributed by atoms with E-state index in [9.17, 15) is 27.6 Å². The number of sulfone groups is 1. The summed E-state index contributed by atoms with van der Waals surface area (Å²) in [7, 11) is -3.42. The first-order chi connectivity index (χ1) is 29.1. The Balaban J connectivity index is 0.000000235. The second-order valence-electron chi connectivity index (χ2n) is 17.0. The van der Waals surface area contributed by atoms with Crippen molar-refractivity contribution in [2.45, 2.75) is 100 Å². The van der Waals surface area contributed by atoms with E-state index in [1.807, 2.05) is 57.4 Å². The molecule has 6 rings (SSSR count). The van der Waals surface area contributed by atoms with Crippen molar-refractivity contribution in [2.24, 2.45) is 0 Å². The van der Waals surface area contributed by atoms with Gasteiger partial charge >= 0.3 is 12.2 Å². The number of carbonyl (C=O) groups excluding carboxylic acids is 4. The topological polar surface area (TPSA) is 151 Å². The summed E-state index contributed by atoms with van der Waals surface area (Å²) >= 11 is 14.6. The van der Waals surface area contributed by atoms with Crippen LogP contribution in [0, 0.1) is 0 Å². The highest BCUT2D eigenvalue weighted by Gasteiger charge is 2.38. The number of hydrogen-bond donors (Lipinski definition) is 2. The molecule has 0 spiro atoms. The lowest BCUT2D eigenvalue weighted by molar-refractivity contribution is -0.121. The summed E-state index contributed by atoms with van der Waals surface area (Å²) in [6.07, 6.45) is 4.79. The number of likely N-dealkylation sites (tertiary alicyclic amines) is 2. The van der Waals surface area contributed by atoms with Gasteiger partial charge in [0.1, 0.15) is 23.3 Å². The number of nitrogens with zero attached hydrogens (tertiary/aromatic N) is 2. The Bertz CT molecular complexity index is 2420. The molecule has 0 aromatic heterocycles. The monoisotopic (exact) mass is 924 g/mol. The van der Waals surface area contributed by atoms with Crippen LogP contribution in [0.5, 0.6) is 0 Å². The molecule has 2 aliphatic heterocycles. The highest BCUT2D eigenvalue weighted by Crippen LogP contribution is 2.36. The zero-order valence-electron chi connectivity index (χ0n) is 36.2. The maximum atomic E-state index is 12.9. The van der Waals surface area contributed by atoms with E-state index in [2.05, 4.69) is 16.7 Å². The summed E-state index contributed by atoms with van der Waals surface area (Å²) in [5, 5.41) is 6.39. The molecule has 332 valence electrons. The van der Waals surface area contributed by atoms with Crippen LogP contribution >= 0.6 is 35.0 Å². The van der Waals surface area contributed by atoms with Gasteiger partial charge in [0, 0.05) is 29.8 Å². The minimum absolute atomic E-state index is 0.201. The minimum atomic E-state index is -3.42. The molecule has 4 aromatic rings. The van der Waals surface area contributed by atoms with E-state index < -0.39 is 45.3 Å². The van der Waals surface area contributed by atoms with Crippen molar-refractivity contribution in [2.75, 3.05) is 36.2 Å². The molecule has 62 heavy (non-hydrogen) atoms. The standard InChI is InChI=1S/C23H27ClN2O5S.C23H27ClN2O3S/c1-23(2,3)31-22(28)26-13-7-9-19(26)21(27)25-18-12-11-15(14-17(18)24)16-8-5-6-10-20(16)32(4,29)30;1-23(2,3)29-22(28)26-13-7-9-19(26)21(27)25-18-12-11-15(14-17(18)24)16-8-5-6-10-20(16)30-4/h5-6,8,10-12,14,19H,7,9,13H2,1-4H3,(H,25,27);5-6,8,10-12,14,19H,7,9,13H2,1-4H3,(H,25,27). The second kappa shape index (κ2) is 20.2. The highest BCUT2D eigenvalue weighted by atomic mass is 35.5. The molecule has 0 radical (unpaired) electrons. The van der Waals surface area contributed by atoms with E-state index in [0.29, 0.717) is 59.9 Å². The van der Waals surface area contributed by atoms with E-state index in [0.717, 1.165) is 28.7 Å². The summed E-state index contributed by atoms with van der Waals surface area (Å²) in [6, 6.07) is 24.1. The third kappa shape index (κ3) is 12.7. The molecular weight excluding hydrogens is 872 g/mol. The number of nitrogens with one attached hydrogen (secondary N) is 2. The Kier molecular flexibility index (Phi) is 15.7. The van der Waals surface area contributed by atoms with Gasteiger partial charge in [0.2, 0.25) is 11.8 Å². The number of ether oxygens (including phenoxy) is 2. The molecule has 12 nitrogen and oxygen atoms in total. The molecule has 4 aromatic carbocycles. The molecule has 2 atom stereocenters. The van der Waals surface area contributed by atoms with Gasteiger partial charge in [0.15, 0.2) is 9.84 Å². The molecule has 4 amide bonds. The Labute approximate surface area is 378 Å². The number of hydrogen-bond acceptors (Lipinski definition) is 9. The maximum absolute atomic E-state index is 12.9. The average molecular weight is 926 g/mol. The summed E-state index contributed by atoms with van der Waals surface area (Å²) in [4.78, 5) is 55.0. The number of halogens is 2. The van der Waals surface area contributed by atoms with Crippen molar-refractivity contribution < 1.29 is 37.1 Å². The molecule has 2 aliphatic rings. The quantitative estimate of drug-likeness (QED) is 0.165. The summed E-state index contributed by atoms with van der Waals surface area (Å²) in [6.45, 7) is 11.7. The number of rotatable bonds is 8. The van der Waals surface area contributed by atoms with Crippen LogP contribution < -0.4 is 10.6 Å². The summed E-state index contributed by atoms with van der Waals surface area (Å²) in [5.41, 5.74) is 2.88. The smallest absolute Gasteiger partial charge is 0.410 e. The third-order valence-electron chi connectivity index (χ3n) is 9.84. The normalized spacial score (nSPS) is 16.5. The van der Waals surface area contributed by atoms with Gasteiger partial charge in [0.25, 0.3) is 0 Å². The molecule has 2 N–H and O–H groups in total. The van der Waals surface area contributed by atoms with Crippen LogP contribution in [-0.2, 0) is 28.9 Å². The first-order valence-electron chi connectivity index (χ1n) is 20.2. The van der Waals surface area contributed by atoms with Crippen molar-refractivity contribution >= 4 is 80.2 Å². The molecule has 2 saturated heterocycles. The van der Waals surface area contributed by atoms with Crippen LogP contribution in [0.25, 0.3) is 22.3 Å². The maximum Gasteiger partial charge on any atom is 0.410 e. The lowest BCUT2D eigenvalue weighted by Crippen LogP contribution is -2.45. The van der Waals surface area contributed by atoms with Crippen LogP contribution in [0.15, 0.2) is 94.7 Å². The fourth-order valence-corrected chi connectivity index (χ4v) is 9.06. The van der Waals surface area contributed by atoms with Crippen LogP contribution in [-0.4, -0.2) is 91.1 Å². The van der Waals surface area contributed by atoms with Crippen molar-refractivity contribution in [3.05, 3.63) is 95.0 Å². The van der Waals surface area contributed by atoms with Crippen molar-refractivity contribution in [1.82, 2.24) is 9.80 Å². The van der Waals surface area contributed by atoms with Gasteiger partial charge < -0.3 is 20.1 Å². The largest absolute Gasteiger partial charge is 0.444 e. The van der Waals surface area contributed by atoms with Gasteiger partial charge in [-0.3, -0.25) is 19.4 Å². The summed E-state index contributed by atoms with van der Waals surface area (Å²) in [5.74, 6) is -0.600. The Morgan fingerprint density at radius 3 is 1.50 bits per heavy atom. The van der Waals surface area contributed by atoms with E-state index >= 15 is 0 Å². The molecular formula is C46H54Cl2N4O8S2. The fourth-order valence-electron chi connectivity index (χ4n) is 7.07. The van der Waals surface area contributed by atoms with Crippen LogP contribution in [0.1, 0.15) is 67.2 Å². The molecule has 0 saturated carbocycles. The predicted molar refractivity (Wildman–Crippen MR) is 248 cm³/mol. The second-order valence-corrected chi connectivity index (χ2v) is 20.6. The van der Waals surface area contributed by atoms with Crippen molar-refractivity contribution in [3.63, 3.8) is 0 Å². The first-order valence-corrected chi connectivity index (χ1v) is 24.1. The average Bonchev–Trinajstić information content (AvgIpc) is 3.90. The van der Waals surface area contributed by atoms with Crippen molar-refractivity contribution in [3.8, 4) is 22.3 Å². The number of thioether (sulfide) groups is 1. The summed E-state index contributed by atoms with van der Waals surface area (Å²) < 4.78 is 35.1. The molecule has 2 heterocycles. The minimum Gasteiger partial charge on any atom is -0.444 e. The van der Waals surface area contributed by atoms with Crippen molar-refractivity contribution in [1.29, 1.82) is 0 Å². The zero-order valence-corrected chi connectivity index (χ0v) is 39.4. The van der Waals surface area contributed by atoms with E-state index in [-0.39, 0.29) is 21.7 Å². The third-order valence-corrected chi connectivity index (χ3v) is 12.4. The van der Waals surface area contributed by atoms with E-state index in [1.54, 1.807) is 81.1 Å². The molecule has 0 bridgehead atoms. The Morgan fingerprint density at radius 2 is 1.08 bits per heavy atom. The molecule has 2 unspecified atom stereocenters. The number of amides is 4. The van der Waals surface area contributed by atoms with Crippen LogP contribution in [0.4, 0.5) is 21.0 Å². The van der Waals surface area contributed by atoms with Gasteiger partial charge in [-0.15, -0.1) is 11.8 Å². The Hall–Kier alpha value is -4.76. The Morgan fingerprint density at radius 1 is 0.661 bits per heavy atom. The lowest BCUT2D eigenvalue weighted by atomic mass is 10.1. The van der Waals surface area contributed by atoms with E-state index in [1.165, 1.54) is 9.80 Å². The van der Waals surface area contributed by atoms with Gasteiger partial charge in [-0.1, -0.05) is 71.7 Å². The molecule has 0 aliphatic carbocycles. The number of benzene rings is 4. The van der Waals surface area contributed by atoms with Crippen LogP contribution in [0.3, 0.4) is 0 Å². The van der Waals surface area contributed by atoms with Gasteiger partial charge in [-0.2, -0.15) is 0 Å². The van der Waals surface area contributed by atoms with Gasteiger partial charge in [-0.05, 0) is 127 Å². The zero-order chi connectivity index (χ0) is 45.6. The number of anilines is 2. The predicted octanol–water partition coefficient (Wildman–Crippen LogP) is 10.8. The fraction of sp³-hybridized carbons (Fsp3) is 0.391. The molecule has 16 heteroatoms. The van der Waals surface area contributed by atoms with Gasteiger partial charge in [-0.25, -0.2) is 18.0 Å². The van der Waals surface area contributed by atoms with E-state index in [4.69, 9.17) is 32.7 Å². The lowest BCUT2D eigenvalue weighted by Gasteiger charge is -2.28.